The minimum Gasteiger partial charge on any atom is -0.349 e. The van der Waals surface area contributed by atoms with Gasteiger partial charge in [0, 0.05) is 5.69 Å². The van der Waals surface area contributed by atoms with Gasteiger partial charge in [-0.2, -0.15) is 5.26 Å². The van der Waals surface area contributed by atoms with E-state index >= 15 is 0 Å². The molecule has 1 aromatic heterocycles. The Hall–Kier alpha value is -1.40. The van der Waals surface area contributed by atoms with Crippen LogP contribution in [0.5, 0.6) is 0 Å². The van der Waals surface area contributed by atoms with Crippen molar-refractivity contribution in [1.82, 2.24) is 4.98 Å². The van der Waals surface area contributed by atoms with Crippen LogP contribution in [0.4, 0.5) is 0 Å². The Morgan fingerprint density at radius 2 is 2.07 bits per heavy atom. The Balaban J connectivity index is 3.62. The van der Waals surface area contributed by atoms with Crippen LogP contribution in [0.15, 0.2) is 6.08 Å². The van der Waals surface area contributed by atoms with Gasteiger partial charge in [-0.3, -0.25) is 0 Å². The molecular formula is C11H12N2S. The van der Waals surface area contributed by atoms with Gasteiger partial charge in [-0.05, 0) is 31.9 Å². The van der Waals surface area contributed by atoms with Gasteiger partial charge in [0.25, 0.3) is 0 Å². The Kier molecular flexibility index (Phi) is 3.21. The first-order valence-corrected chi connectivity index (χ1v) is 4.79. The van der Waals surface area contributed by atoms with Crippen LogP contribution in [-0.2, 0) is 0 Å². The highest BCUT2D eigenvalue weighted by Crippen LogP contribution is 2.18. The third-order valence-electron chi connectivity index (χ3n) is 2.16. The summed E-state index contributed by atoms with van der Waals surface area (Å²) >= 11 is 5.07. The number of aromatic amines is 1. The lowest BCUT2D eigenvalue weighted by atomic mass is 10.0. The van der Waals surface area contributed by atoms with Crippen molar-refractivity contribution in [2.24, 2.45) is 0 Å². The number of hydrogen-bond donors (Lipinski definition) is 1. The third-order valence-corrected chi connectivity index (χ3v) is 2.46. The quantitative estimate of drug-likeness (QED) is 0.713. The van der Waals surface area contributed by atoms with Crippen LogP contribution >= 0.6 is 12.2 Å². The van der Waals surface area contributed by atoms with Crippen LogP contribution < -0.4 is 0 Å². The molecule has 3 heteroatoms. The molecule has 0 radical (unpaired) electrons. The summed E-state index contributed by atoms with van der Waals surface area (Å²) in [7, 11) is 0. The summed E-state index contributed by atoms with van der Waals surface area (Å²) in [6, 6.07) is 2.12. The van der Waals surface area contributed by atoms with Gasteiger partial charge in [-0.25, -0.2) is 0 Å². The molecule has 1 N–H and O–H groups in total. The number of rotatable bonds is 1. The summed E-state index contributed by atoms with van der Waals surface area (Å²) in [6.45, 7) is 5.83. The van der Waals surface area contributed by atoms with Crippen molar-refractivity contribution in [2.75, 3.05) is 0 Å². The molecule has 1 rings (SSSR count). The molecule has 1 heterocycles. The van der Waals surface area contributed by atoms with E-state index in [1.165, 1.54) is 0 Å². The van der Waals surface area contributed by atoms with Crippen LogP contribution in [0.2, 0.25) is 0 Å². The number of nitrogens with one attached hydrogen (secondary N) is 1. The molecule has 0 amide bonds. The summed E-state index contributed by atoms with van der Waals surface area (Å²) in [5.74, 6) is 0. The monoisotopic (exact) mass is 204 g/mol. The summed E-state index contributed by atoms with van der Waals surface area (Å²) in [5.41, 5.74) is 3.58. The first-order chi connectivity index (χ1) is 6.61. The van der Waals surface area contributed by atoms with E-state index < -0.39 is 0 Å². The zero-order chi connectivity index (χ0) is 10.7. The van der Waals surface area contributed by atoms with E-state index in [2.05, 4.69) is 11.1 Å². The van der Waals surface area contributed by atoms with Crippen molar-refractivity contribution >= 4 is 18.3 Å². The maximum atomic E-state index is 8.92. The summed E-state index contributed by atoms with van der Waals surface area (Å²) in [5, 5.41) is 8.92. The first kappa shape index (κ1) is 10.7. The number of aryl methyl sites for hydroxylation is 1. The van der Waals surface area contributed by atoms with Crippen molar-refractivity contribution in [3.05, 3.63) is 33.1 Å². The minimum absolute atomic E-state index is 0.524. The maximum Gasteiger partial charge on any atom is 0.121 e. The first-order valence-electron chi connectivity index (χ1n) is 4.38. The topological polar surface area (TPSA) is 39.6 Å². The average molecular weight is 204 g/mol. The number of allylic oxidation sites excluding steroid dienone is 1. The van der Waals surface area contributed by atoms with Crippen LogP contribution in [0.3, 0.4) is 0 Å². The summed E-state index contributed by atoms with van der Waals surface area (Å²) in [4.78, 5) is 3.02. The normalized spacial score (nSPS) is 10.4. The van der Waals surface area contributed by atoms with Crippen molar-refractivity contribution in [2.45, 2.75) is 20.8 Å². The fraction of sp³-hybridized carbons (Fsp3) is 0.273. The molecule has 14 heavy (non-hydrogen) atoms. The molecule has 0 aliphatic heterocycles. The second-order valence-corrected chi connectivity index (χ2v) is 3.51. The van der Waals surface area contributed by atoms with Crippen molar-refractivity contribution in [3.8, 4) is 6.07 Å². The second-order valence-electron chi connectivity index (χ2n) is 3.10. The highest BCUT2D eigenvalue weighted by atomic mass is 32.1. The predicted octanol–water partition coefficient (Wildman–Crippen LogP) is 3.27. The third kappa shape index (κ3) is 1.75. The molecule has 0 aliphatic rings. The smallest absolute Gasteiger partial charge is 0.121 e. The van der Waals surface area contributed by atoms with E-state index in [9.17, 15) is 0 Å². The molecule has 0 bridgehead atoms. The van der Waals surface area contributed by atoms with Crippen molar-refractivity contribution in [1.29, 1.82) is 5.26 Å². The SMILES string of the molecule is CC=Cc1c(C)[nH]c(=S)c(C#N)c1C. The lowest BCUT2D eigenvalue weighted by molar-refractivity contribution is 1.13. The van der Waals surface area contributed by atoms with Crippen molar-refractivity contribution in [3.63, 3.8) is 0 Å². The fourth-order valence-corrected chi connectivity index (χ4v) is 1.79. The number of nitriles is 1. The average Bonchev–Trinajstić information content (AvgIpc) is 2.12. The standard InChI is InChI=1S/C11H12N2S/c1-4-5-9-7(2)10(6-12)11(14)13-8(9)3/h4-5H,1-3H3,(H,13,14). The molecule has 0 aliphatic carbocycles. The van der Waals surface area contributed by atoms with Crippen LogP contribution in [0.25, 0.3) is 6.08 Å². The molecule has 0 aromatic carbocycles. The van der Waals surface area contributed by atoms with Crippen LogP contribution in [-0.4, -0.2) is 4.98 Å². The van der Waals surface area contributed by atoms with Crippen LogP contribution in [0, 0.1) is 29.8 Å². The zero-order valence-corrected chi connectivity index (χ0v) is 9.33. The zero-order valence-electron chi connectivity index (χ0n) is 8.51. The van der Waals surface area contributed by atoms with Gasteiger partial charge in [0.05, 0.1) is 5.56 Å². The predicted molar refractivity (Wildman–Crippen MR) is 60.5 cm³/mol. The molecule has 0 saturated carbocycles. The van der Waals surface area contributed by atoms with Crippen LogP contribution in [0.1, 0.15) is 29.3 Å². The molecule has 0 unspecified atom stereocenters. The number of hydrogen-bond acceptors (Lipinski definition) is 2. The van der Waals surface area contributed by atoms with Gasteiger partial charge >= 0.3 is 0 Å². The molecule has 1 aromatic rings. The summed E-state index contributed by atoms with van der Waals surface area (Å²) in [6.07, 6.45) is 3.93. The molecule has 0 saturated heterocycles. The number of nitrogens with zero attached hydrogens (tertiary/aromatic N) is 1. The van der Waals surface area contributed by atoms with E-state index in [1.54, 1.807) is 0 Å². The Morgan fingerprint density at radius 1 is 1.43 bits per heavy atom. The van der Waals surface area contributed by atoms with Crippen molar-refractivity contribution < 1.29 is 0 Å². The molecule has 0 atom stereocenters. The maximum absolute atomic E-state index is 8.92. The fourth-order valence-electron chi connectivity index (χ4n) is 1.44. The minimum atomic E-state index is 0.524. The van der Waals surface area contributed by atoms with Gasteiger partial charge in [-0.1, -0.05) is 24.4 Å². The Labute approximate surface area is 88.9 Å². The lowest BCUT2D eigenvalue weighted by Gasteiger charge is -2.07. The van der Waals surface area contributed by atoms with E-state index in [1.807, 2.05) is 32.9 Å². The highest BCUT2D eigenvalue weighted by Gasteiger charge is 2.06. The Morgan fingerprint density at radius 3 is 2.57 bits per heavy atom. The van der Waals surface area contributed by atoms with Gasteiger partial charge in [0.1, 0.15) is 10.7 Å². The van der Waals surface area contributed by atoms with Gasteiger partial charge in [0.2, 0.25) is 0 Å². The van der Waals surface area contributed by atoms with E-state index in [0.717, 1.165) is 16.8 Å². The number of pyridine rings is 1. The van der Waals surface area contributed by atoms with Gasteiger partial charge in [-0.15, -0.1) is 0 Å². The summed E-state index contributed by atoms with van der Waals surface area (Å²) < 4.78 is 0.524. The van der Waals surface area contributed by atoms with Gasteiger partial charge in [0.15, 0.2) is 0 Å². The largest absolute Gasteiger partial charge is 0.349 e. The van der Waals surface area contributed by atoms with E-state index in [4.69, 9.17) is 17.5 Å². The molecule has 72 valence electrons. The molecular weight excluding hydrogens is 192 g/mol. The number of aromatic nitrogens is 1. The molecule has 0 spiro atoms. The lowest BCUT2D eigenvalue weighted by Crippen LogP contribution is -1.96. The Bertz CT molecular complexity index is 475. The highest BCUT2D eigenvalue weighted by molar-refractivity contribution is 7.71. The molecule has 2 nitrogen and oxygen atoms in total. The van der Waals surface area contributed by atoms with E-state index in [0.29, 0.717) is 10.2 Å². The number of H-pyrrole nitrogens is 1. The van der Waals surface area contributed by atoms with Gasteiger partial charge < -0.3 is 4.98 Å². The second kappa shape index (κ2) is 4.21. The molecule has 0 fully saturated rings. The van der Waals surface area contributed by atoms with E-state index in [-0.39, 0.29) is 0 Å².